The molecule has 6 heteroatoms. The molecule has 0 radical (unpaired) electrons. The Hall–Kier alpha value is -2.21. The van der Waals surface area contributed by atoms with Gasteiger partial charge in [-0.3, -0.25) is 9.36 Å². The Labute approximate surface area is 158 Å². The summed E-state index contributed by atoms with van der Waals surface area (Å²) in [5.74, 6) is 1.20. The zero-order valence-corrected chi connectivity index (χ0v) is 15.9. The van der Waals surface area contributed by atoms with Gasteiger partial charge in [-0.1, -0.05) is 29.5 Å². The van der Waals surface area contributed by atoms with Crippen molar-refractivity contribution in [2.24, 2.45) is 0 Å². The number of aromatic nitrogens is 2. The molecule has 1 aromatic heterocycles. The number of hydrogen-bond donors (Lipinski definition) is 1. The minimum atomic E-state index is 0.0478. The van der Waals surface area contributed by atoms with Gasteiger partial charge < -0.3 is 10.1 Å². The zero-order chi connectivity index (χ0) is 18.2. The number of ether oxygens (including phenoxy) is 1. The molecule has 3 rings (SSSR count). The maximum Gasteiger partial charge on any atom is 0.230 e. The predicted molar refractivity (Wildman–Crippen MR) is 105 cm³/mol. The van der Waals surface area contributed by atoms with Gasteiger partial charge in [0, 0.05) is 25.0 Å². The van der Waals surface area contributed by atoms with E-state index in [1.807, 2.05) is 35.0 Å². The van der Waals surface area contributed by atoms with Gasteiger partial charge in [0.25, 0.3) is 0 Å². The fourth-order valence-electron chi connectivity index (χ4n) is 3.03. The third kappa shape index (κ3) is 5.14. The molecule has 138 valence electrons. The lowest BCUT2D eigenvalue weighted by Crippen LogP contribution is -2.26. The van der Waals surface area contributed by atoms with Crippen LogP contribution in [-0.2, 0) is 4.79 Å². The molecule has 1 aromatic carbocycles. The van der Waals surface area contributed by atoms with Gasteiger partial charge >= 0.3 is 0 Å². The van der Waals surface area contributed by atoms with Crippen molar-refractivity contribution in [2.75, 3.05) is 19.4 Å². The number of amides is 1. The lowest BCUT2D eigenvalue weighted by Gasteiger charge is -2.13. The molecule has 0 fully saturated rings. The van der Waals surface area contributed by atoms with Crippen LogP contribution in [0.2, 0.25) is 0 Å². The van der Waals surface area contributed by atoms with E-state index in [-0.39, 0.29) is 5.91 Å². The topological polar surface area (TPSA) is 56.2 Å². The van der Waals surface area contributed by atoms with Crippen LogP contribution in [0, 0.1) is 0 Å². The highest BCUT2D eigenvalue weighted by atomic mass is 32.2. The van der Waals surface area contributed by atoms with E-state index in [2.05, 4.69) is 16.4 Å². The first-order valence-corrected chi connectivity index (χ1v) is 10.00. The standard InChI is InChI=1S/C20H25N3O2S/c1-25-18-9-5-8-17(14-18)23-13-12-22-20(23)26-15-19(24)21-11-10-16-6-3-2-4-7-16/h5-6,8-9,12-14H,2-4,7,10-11,15H2,1H3,(H,21,24). The Morgan fingerprint density at radius 1 is 1.38 bits per heavy atom. The minimum absolute atomic E-state index is 0.0478. The number of thioether (sulfide) groups is 1. The Bertz CT molecular complexity index is 770. The molecule has 1 N–H and O–H groups in total. The maximum absolute atomic E-state index is 12.1. The minimum Gasteiger partial charge on any atom is -0.497 e. The number of hydrogen-bond acceptors (Lipinski definition) is 4. The third-order valence-electron chi connectivity index (χ3n) is 4.42. The van der Waals surface area contributed by atoms with Crippen molar-refractivity contribution in [2.45, 2.75) is 37.3 Å². The average molecular weight is 372 g/mol. The first-order valence-electron chi connectivity index (χ1n) is 9.01. The number of benzene rings is 1. The first-order chi connectivity index (χ1) is 12.8. The highest BCUT2D eigenvalue weighted by Gasteiger charge is 2.10. The van der Waals surface area contributed by atoms with Crippen LogP contribution in [0.4, 0.5) is 0 Å². The molecule has 0 atom stereocenters. The molecule has 26 heavy (non-hydrogen) atoms. The van der Waals surface area contributed by atoms with E-state index >= 15 is 0 Å². The van der Waals surface area contributed by atoms with Gasteiger partial charge in [-0.15, -0.1) is 0 Å². The largest absolute Gasteiger partial charge is 0.497 e. The van der Waals surface area contributed by atoms with Crippen molar-refractivity contribution in [3.8, 4) is 11.4 Å². The molecule has 1 amide bonds. The lowest BCUT2D eigenvalue weighted by atomic mass is 9.97. The summed E-state index contributed by atoms with van der Waals surface area (Å²) in [6.45, 7) is 0.718. The molecule has 2 aromatic rings. The fourth-order valence-corrected chi connectivity index (χ4v) is 3.83. The van der Waals surface area contributed by atoms with Crippen molar-refractivity contribution in [3.05, 3.63) is 48.3 Å². The summed E-state index contributed by atoms with van der Waals surface area (Å²) in [5.41, 5.74) is 2.45. The molecule has 5 nitrogen and oxygen atoms in total. The van der Waals surface area contributed by atoms with Crippen LogP contribution in [0.15, 0.2) is 53.5 Å². The van der Waals surface area contributed by atoms with Gasteiger partial charge in [0.1, 0.15) is 5.75 Å². The van der Waals surface area contributed by atoms with Gasteiger partial charge in [0.15, 0.2) is 5.16 Å². The number of carbonyl (C=O) groups is 1. The van der Waals surface area contributed by atoms with Gasteiger partial charge in [0.05, 0.1) is 18.6 Å². The molecular weight excluding hydrogens is 346 g/mol. The summed E-state index contributed by atoms with van der Waals surface area (Å²) in [4.78, 5) is 16.5. The molecule has 0 spiro atoms. The third-order valence-corrected chi connectivity index (χ3v) is 5.39. The summed E-state index contributed by atoms with van der Waals surface area (Å²) in [5, 5.41) is 3.81. The van der Waals surface area contributed by atoms with Gasteiger partial charge in [-0.05, 0) is 44.2 Å². The Kier molecular flexibility index (Phi) is 6.77. The molecule has 0 unspecified atom stereocenters. The maximum atomic E-state index is 12.1. The van der Waals surface area contributed by atoms with Crippen LogP contribution in [0.25, 0.3) is 5.69 Å². The SMILES string of the molecule is COc1cccc(-n2ccnc2SCC(=O)NCCC2=CCCCC2)c1. The van der Waals surface area contributed by atoms with Crippen LogP contribution < -0.4 is 10.1 Å². The second-order valence-corrected chi connectivity index (χ2v) is 7.22. The van der Waals surface area contributed by atoms with E-state index in [9.17, 15) is 4.79 Å². The number of allylic oxidation sites excluding steroid dienone is 1. The number of methoxy groups -OCH3 is 1. The van der Waals surface area contributed by atoms with Crippen LogP contribution in [0.1, 0.15) is 32.1 Å². The van der Waals surface area contributed by atoms with Crippen LogP contribution >= 0.6 is 11.8 Å². The normalized spacial score (nSPS) is 14.0. The van der Waals surface area contributed by atoms with Crippen LogP contribution in [0.3, 0.4) is 0 Å². The average Bonchev–Trinajstić information content (AvgIpc) is 3.16. The zero-order valence-electron chi connectivity index (χ0n) is 15.1. The van der Waals surface area contributed by atoms with E-state index in [0.29, 0.717) is 5.75 Å². The smallest absolute Gasteiger partial charge is 0.230 e. The van der Waals surface area contributed by atoms with Crippen LogP contribution in [0.5, 0.6) is 5.75 Å². The highest BCUT2D eigenvalue weighted by molar-refractivity contribution is 7.99. The number of rotatable bonds is 8. The number of nitrogens with zero attached hydrogens (tertiary/aromatic N) is 2. The monoisotopic (exact) mass is 371 g/mol. The molecule has 1 aliphatic rings. The van der Waals surface area contributed by atoms with E-state index in [0.717, 1.165) is 29.6 Å². The Morgan fingerprint density at radius 3 is 3.12 bits per heavy atom. The van der Waals surface area contributed by atoms with Gasteiger partial charge in [-0.25, -0.2) is 4.98 Å². The van der Waals surface area contributed by atoms with Crippen molar-refractivity contribution in [1.82, 2.24) is 14.9 Å². The van der Waals surface area contributed by atoms with Crippen LogP contribution in [-0.4, -0.2) is 34.9 Å². The van der Waals surface area contributed by atoms with Crippen molar-refractivity contribution < 1.29 is 9.53 Å². The predicted octanol–water partition coefficient (Wildman–Crippen LogP) is 3.98. The molecule has 0 saturated heterocycles. The van der Waals surface area contributed by atoms with Crippen molar-refractivity contribution in [1.29, 1.82) is 0 Å². The quantitative estimate of drug-likeness (QED) is 0.563. The van der Waals surface area contributed by atoms with E-state index in [1.165, 1.54) is 43.0 Å². The molecule has 0 saturated carbocycles. The second kappa shape index (κ2) is 9.48. The van der Waals surface area contributed by atoms with E-state index < -0.39 is 0 Å². The Morgan fingerprint density at radius 2 is 2.31 bits per heavy atom. The highest BCUT2D eigenvalue weighted by Crippen LogP contribution is 2.23. The summed E-state index contributed by atoms with van der Waals surface area (Å²) in [6, 6.07) is 7.79. The molecule has 0 bridgehead atoms. The molecule has 1 aliphatic carbocycles. The first kappa shape index (κ1) is 18.6. The molecule has 1 heterocycles. The Balaban J connectivity index is 1.49. The number of carbonyl (C=O) groups excluding carboxylic acids is 1. The van der Waals surface area contributed by atoms with Gasteiger partial charge in [0.2, 0.25) is 5.91 Å². The summed E-state index contributed by atoms with van der Waals surface area (Å²) in [6.07, 6.45) is 11.9. The second-order valence-electron chi connectivity index (χ2n) is 6.28. The van der Waals surface area contributed by atoms with E-state index in [4.69, 9.17) is 4.74 Å². The van der Waals surface area contributed by atoms with Gasteiger partial charge in [-0.2, -0.15) is 0 Å². The summed E-state index contributed by atoms with van der Waals surface area (Å²) < 4.78 is 7.24. The fraction of sp³-hybridized carbons (Fsp3) is 0.400. The number of nitrogens with one attached hydrogen (secondary N) is 1. The molecule has 0 aliphatic heterocycles. The summed E-state index contributed by atoms with van der Waals surface area (Å²) >= 11 is 1.44. The van der Waals surface area contributed by atoms with Crippen molar-refractivity contribution >= 4 is 17.7 Å². The molecular formula is C20H25N3O2S. The van der Waals surface area contributed by atoms with Crippen molar-refractivity contribution in [3.63, 3.8) is 0 Å². The lowest BCUT2D eigenvalue weighted by molar-refractivity contribution is -0.118. The number of imidazole rings is 1. The summed E-state index contributed by atoms with van der Waals surface area (Å²) in [7, 11) is 1.65. The van der Waals surface area contributed by atoms with E-state index in [1.54, 1.807) is 13.3 Å².